The van der Waals surface area contributed by atoms with E-state index in [-0.39, 0.29) is 36.5 Å². The average Bonchev–Trinajstić information content (AvgIpc) is 3.48. The quantitative estimate of drug-likeness (QED) is 0.401. The lowest BCUT2D eigenvalue weighted by Gasteiger charge is -2.40. The van der Waals surface area contributed by atoms with Crippen LogP contribution in [0, 0.1) is 11.8 Å². The smallest absolute Gasteiger partial charge is 0.248 e. The van der Waals surface area contributed by atoms with Crippen LogP contribution in [0.5, 0.6) is 0 Å². The van der Waals surface area contributed by atoms with Crippen molar-refractivity contribution in [3.63, 3.8) is 0 Å². The van der Waals surface area contributed by atoms with Crippen LogP contribution in [0.2, 0.25) is 0 Å². The SMILES string of the molecule is C=CCN(CCC)C(=O)[C@@H]1[C@@H]2CCC3(O2)C(C(=O)N(CC=C)C(C)CCC)N([C@H](C)CO)C(=O)[C@H]13. The predicted molar refractivity (Wildman–Crippen MR) is 134 cm³/mol. The van der Waals surface area contributed by atoms with Gasteiger partial charge in [-0.1, -0.05) is 32.4 Å². The molecule has 35 heavy (non-hydrogen) atoms. The Morgan fingerprint density at radius 1 is 1.20 bits per heavy atom. The predicted octanol–water partition coefficient (Wildman–Crippen LogP) is 2.37. The first kappa shape index (κ1) is 27.4. The van der Waals surface area contributed by atoms with Crippen molar-refractivity contribution in [3.8, 4) is 0 Å². The fourth-order valence-corrected chi connectivity index (χ4v) is 6.50. The maximum Gasteiger partial charge on any atom is 0.248 e. The summed E-state index contributed by atoms with van der Waals surface area (Å²) in [5, 5.41) is 10.0. The molecule has 1 spiro atoms. The van der Waals surface area contributed by atoms with Gasteiger partial charge in [-0.05, 0) is 39.5 Å². The number of nitrogens with zero attached hydrogens (tertiary/aromatic N) is 3. The lowest BCUT2D eigenvalue weighted by molar-refractivity contribution is -0.152. The molecule has 3 heterocycles. The summed E-state index contributed by atoms with van der Waals surface area (Å²) in [6.45, 7) is 16.5. The van der Waals surface area contributed by atoms with Crippen LogP contribution < -0.4 is 0 Å². The molecule has 0 aromatic carbocycles. The molecular weight excluding hydrogens is 446 g/mol. The fraction of sp³-hybridized carbons (Fsp3) is 0.741. The zero-order chi connectivity index (χ0) is 25.9. The van der Waals surface area contributed by atoms with Crippen molar-refractivity contribution in [2.45, 2.75) is 89.6 Å². The molecule has 2 bridgehead atoms. The van der Waals surface area contributed by atoms with E-state index in [0.717, 1.165) is 19.3 Å². The lowest BCUT2D eigenvalue weighted by atomic mass is 9.70. The molecule has 3 aliphatic rings. The van der Waals surface area contributed by atoms with Gasteiger partial charge in [0.2, 0.25) is 17.7 Å². The number of carbonyl (C=O) groups excluding carboxylic acids is 3. The van der Waals surface area contributed by atoms with Gasteiger partial charge >= 0.3 is 0 Å². The van der Waals surface area contributed by atoms with E-state index in [1.54, 1.807) is 28.9 Å². The van der Waals surface area contributed by atoms with Crippen LogP contribution in [0.1, 0.15) is 59.8 Å². The molecule has 0 aliphatic carbocycles. The number of fused-ring (bicyclic) bond motifs is 1. The van der Waals surface area contributed by atoms with E-state index in [4.69, 9.17) is 4.74 Å². The summed E-state index contributed by atoms with van der Waals surface area (Å²) >= 11 is 0. The second-order valence-corrected chi connectivity index (χ2v) is 10.3. The van der Waals surface area contributed by atoms with Crippen molar-refractivity contribution in [2.75, 3.05) is 26.2 Å². The third-order valence-electron chi connectivity index (χ3n) is 8.00. The van der Waals surface area contributed by atoms with Gasteiger partial charge < -0.3 is 24.5 Å². The Morgan fingerprint density at radius 2 is 1.89 bits per heavy atom. The van der Waals surface area contributed by atoms with Crippen molar-refractivity contribution in [2.24, 2.45) is 11.8 Å². The molecule has 3 rings (SSSR count). The Kier molecular flexibility index (Phi) is 8.81. The van der Waals surface area contributed by atoms with Crippen molar-refractivity contribution in [1.82, 2.24) is 14.7 Å². The molecule has 0 aromatic heterocycles. The maximum atomic E-state index is 14.2. The van der Waals surface area contributed by atoms with Gasteiger partial charge in [0.1, 0.15) is 11.6 Å². The Balaban J connectivity index is 2.05. The highest BCUT2D eigenvalue weighted by Crippen LogP contribution is 2.59. The van der Waals surface area contributed by atoms with Crippen LogP contribution in [0.15, 0.2) is 25.3 Å². The first-order valence-corrected chi connectivity index (χ1v) is 13.2. The third-order valence-corrected chi connectivity index (χ3v) is 8.00. The highest BCUT2D eigenvalue weighted by molar-refractivity contribution is 5.99. The summed E-state index contributed by atoms with van der Waals surface area (Å²) in [6, 6.07) is -1.48. The van der Waals surface area contributed by atoms with E-state index in [2.05, 4.69) is 20.1 Å². The number of amides is 3. The maximum absolute atomic E-state index is 14.2. The van der Waals surface area contributed by atoms with Crippen molar-refractivity contribution in [1.29, 1.82) is 0 Å². The van der Waals surface area contributed by atoms with E-state index in [1.807, 2.05) is 13.8 Å². The minimum atomic E-state index is -1.06. The fourth-order valence-electron chi connectivity index (χ4n) is 6.50. The summed E-state index contributed by atoms with van der Waals surface area (Å²) in [5.74, 6) is -1.92. The number of hydrogen-bond acceptors (Lipinski definition) is 5. The molecule has 3 amide bonds. The molecule has 0 saturated carbocycles. The van der Waals surface area contributed by atoms with Crippen LogP contribution in [0.4, 0.5) is 0 Å². The highest BCUT2D eigenvalue weighted by Gasteiger charge is 2.75. The number of aliphatic hydroxyl groups excluding tert-OH is 1. The number of carbonyl (C=O) groups is 3. The van der Waals surface area contributed by atoms with Gasteiger partial charge in [-0.15, -0.1) is 13.2 Å². The molecule has 8 heteroatoms. The van der Waals surface area contributed by atoms with Crippen LogP contribution in [-0.4, -0.2) is 93.6 Å². The van der Waals surface area contributed by atoms with Crippen molar-refractivity contribution < 1.29 is 24.2 Å². The van der Waals surface area contributed by atoms with Crippen LogP contribution in [0.3, 0.4) is 0 Å². The monoisotopic (exact) mass is 489 g/mol. The Labute approximate surface area is 210 Å². The van der Waals surface area contributed by atoms with Crippen LogP contribution in [-0.2, 0) is 19.1 Å². The second-order valence-electron chi connectivity index (χ2n) is 10.3. The van der Waals surface area contributed by atoms with Crippen molar-refractivity contribution in [3.05, 3.63) is 25.3 Å². The van der Waals surface area contributed by atoms with Crippen molar-refractivity contribution >= 4 is 17.7 Å². The summed E-state index contributed by atoms with van der Waals surface area (Å²) in [4.78, 5) is 46.9. The zero-order valence-corrected chi connectivity index (χ0v) is 21.8. The molecule has 8 nitrogen and oxygen atoms in total. The van der Waals surface area contributed by atoms with E-state index in [9.17, 15) is 19.5 Å². The summed E-state index contributed by atoms with van der Waals surface area (Å²) < 4.78 is 6.53. The second kappa shape index (κ2) is 11.2. The van der Waals surface area contributed by atoms with Gasteiger partial charge in [0, 0.05) is 25.7 Å². The van der Waals surface area contributed by atoms with Gasteiger partial charge in [0.25, 0.3) is 0 Å². The first-order valence-electron chi connectivity index (χ1n) is 13.2. The summed E-state index contributed by atoms with van der Waals surface area (Å²) in [5.41, 5.74) is -1.06. The molecule has 1 N–H and O–H groups in total. The minimum Gasteiger partial charge on any atom is -0.394 e. The Hall–Kier alpha value is -2.19. The summed E-state index contributed by atoms with van der Waals surface area (Å²) in [7, 11) is 0. The van der Waals surface area contributed by atoms with E-state index < -0.39 is 29.5 Å². The zero-order valence-electron chi connectivity index (χ0n) is 21.8. The van der Waals surface area contributed by atoms with Gasteiger partial charge in [0.05, 0.1) is 30.6 Å². The molecule has 0 aromatic rings. The molecule has 0 radical (unpaired) electrons. The van der Waals surface area contributed by atoms with E-state index in [0.29, 0.717) is 32.5 Å². The number of rotatable bonds is 13. The van der Waals surface area contributed by atoms with Gasteiger partial charge in [-0.25, -0.2) is 0 Å². The molecule has 196 valence electrons. The van der Waals surface area contributed by atoms with Crippen LogP contribution >= 0.6 is 0 Å². The highest BCUT2D eigenvalue weighted by atomic mass is 16.5. The van der Waals surface area contributed by atoms with Gasteiger partial charge in [-0.2, -0.15) is 0 Å². The van der Waals surface area contributed by atoms with E-state index in [1.165, 1.54) is 4.90 Å². The van der Waals surface area contributed by atoms with Crippen LogP contribution in [0.25, 0.3) is 0 Å². The molecule has 3 aliphatic heterocycles. The standard InChI is InChI=1S/C27H43N3O5/c1-7-11-18(5)29(16-10-4)26(34)23-27-13-12-20(35-27)21(24(32)28(14-8-2)15-9-3)22(27)25(33)30(23)19(6)17-31/h8,10,18-23,31H,2,4,7,9,11-17H2,1,3,5-6H3/t18?,19-,20+,21-,22+,23?,27?/m1/s1. The normalized spacial score (nSPS) is 30.7. The number of aliphatic hydroxyl groups is 1. The topological polar surface area (TPSA) is 90.4 Å². The molecular formula is C27H43N3O5. The van der Waals surface area contributed by atoms with E-state index >= 15 is 0 Å². The first-order chi connectivity index (χ1) is 16.7. The lowest BCUT2D eigenvalue weighted by Crippen LogP contribution is -2.59. The Morgan fingerprint density at radius 3 is 2.46 bits per heavy atom. The largest absolute Gasteiger partial charge is 0.394 e. The average molecular weight is 490 g/mol. The molecule has 3 saturated heterocycles. The third kappa shape index (κ3) is 4.55. The molecule has 3 unspecified atom stereocenters. The molecule has 7 atom stereocenters. The number of hydrogen-bond donors (Lipinski definition) is 1. The van der Waals surface area contributed by atoms with Gasteiger partial charge in [-0.3, -0.25) is 14.4 Å². The minimum absolute atomic E-state index is 0.0361. The number of likely N-dealkylation sites (tertiary alicyclic amines) is 1. The Bertz CT molecular complexity index is 832. The summed E-state index contributed by atoms with van der Waals surface area (Å²) in [6.07, 6.45) is 6.72. The molecule has 3 fully saturated rings. The van der Waals surface area contributed by atoms with Gasteiger partial charge in [0.15, 0.2) is 0 Å². The number of ether oxygens (including phenoxy) is 1.